The summed E-state index contributed by atoms with van der Waals surface area (Å²) in [5, 5.41) is 7.05. The lowest BCUT2D eigenvalue weighted by Crippen LogP contribution is -2.13. The molecule has 0 radical (unpaired) electrons. The number of anilines is 1. The third kappa shape index (κ3) is 1.97. The monoisotopic (exact) mass is 149 g/mol. The van der Waals surface area contributed by atoms with Gasteiger partial charge in [-0.25, -0.2) is 0 Å². The molecule has 0 saturated carbocycles. The smallest absolute Gasteiger partial charge is 0.0950 e. The number of hydrogen-bond acceptors (Lipinski definition) is 2. The van der Waals surface area contributed by atoms with Crippen molar-refractivity contribution in [3.63, 3.8) is 0 Å². The average molecular weight is 149 g/mol. The molecule has 0 aliphatic heterocycles. The zero-order chi connectivity index (χ0) is 8.27. The van der Waals surface area contributed by atoms with E-state index in [4.69, 9.17) is 16.9 Å². The molecule has 0 spiro atoms. The maximum atomic E-state index is 7.05. The summed E-state index contributed by atoms with van der Waals surface area (Å²) in [7, 11) is 0. The first-order valence-corrected chi connectivity index (χ1v) is 3.36. The molecule has 3 nitrogen and oxygen atoms in total. The van der Waals surface area contributed by atoms with Crippen LogP contribution in [-0.4, -0.2) is 5.84 Å². The molecule has 0 amide bonds. The standard InChI is InChI=1S/C8H11N3/c9-7-4-2-1-3-6(7)5-8(10)11/h1-4H,5,9H2,(H3,10,11). The van der Waals surface area contributed by atoms with Gasteiger partial charge in [0, 0.05) is 12.1 Å². The molecule has 58 valence electrons. The van der Waals surface area contributed by atoms with E-state index in [1.165, 1.54) is 0 Å². The Bertz CT molecular complexity index is 268. The minimum absolute atomic E-state index is 0.142. The lowest BCUT2D eigenvalue weighted by molar-refractivity contribution is 1.25. The Hall–Kier alpha value is -1.51. The maximum absolute atomic E-state index is 7.05. The van der Waals surface area contributed by atoms with Crippen molar-refractivity contribution in [1.29, 1.82) is 5.41 Å². The van der Waals surface area contributed by atoms with E-state index in [1.54, 1.807) is 6.07 Å². The topological polar surface area (TPSA) is 75.9 Å². The van der Waals surface area contributed by atoms with E-state index in [0.717, 1.165) is 5.56 Å². The molecule has 1 rings (SSSR count). The highest BCUT2D eigenvalue weighted by Crippen LogP contribution is 2.10. The number of rotatable bonds is 2. The van der Waals surface area contributed by atoms with Crippen LogP contribution in [0.2, 0.25) is 0 Å². The molecule has 11 heavy (non-hydrogen) atoms. The minimum atomic E-state index is 0.142. The molecule has 5 N–H and O–H groups in total. The third-order valence-electron chi connectivity index (χ3n) is 1.44. The molecule has 0 aliphatic rings. The summed E-state index contributed by atoms with van der Waals surface area (Å²) in [5.74, 6) is 0.142. The summed E-state index contributed by atoms with van der Waals surface area (Å²) in [5.41, 5.74) is 12.5. The van der Waals surface area contributed by atoms with E-state index in [-0.39, 0.29) is 5.84 Å². The number of amidine groups is 1. The van der Waals surface area contributed by atoms with E-state index < -0.39 is 0 Å². The highest BCUT2D eigenvalue weighted by Gasteiger charge is 1.97. The molecule has 0 aliphatic carbocycles. The van der Waals surface area contributed by atoms with Gasteiger partial charge in [0.2, 0.25) is 0 Å². The first kappa shape index (κ1) is 7.60. The van der Waals surface area contributed by atoms with E-state index in [2.05, 4.69) is 0 Å². The Morgan fingerprint density at radius 3 is 2.55 bits per heavy atom. The Labute approximate surface area is 65.5 Å². The van der Waals surface area contributed by atoms with Crippen molar-refractivity contribution < 1.29 is 0 Å². The molecular weight excluding hydrogens is 138 g/mol. The van der Waals surface area contributed by atoms with Gasteiger partial charge in [-0.2, -0.15) is 0 Å². The van der Waals surface area contributed by atoms with Crippen LogP contribution in [0.3, 0.4) is 0 Å². The molecular formula is C8H11N3. The summed E-state index contributed by atoms with van der Waals surface area (Å²) in [6.07, 6.45) is 0.437. The molecule has 0 saturated heterocycles. The molecule has 1 aromatic carbocycles. The Morgan fingerprint density at radius 2 is 2.00 bits per heavy atom. The van der Waals surface area contributed by atoms with Crippen molar-refractivity contribution in [1.82, 2.24) is 0 Å². The molecule has 0 unspecified atom stereocenters. The van der Waals surface area contributed by atoms with Gasteiger partial charge in [-0.3, -0.25) is 5.41 Å². The molecule has 1 aromatic rings. The normalized spacial score (nSPS) is 9.45. The molecule has 3 heteroatoms. The van der Waals surface area contributed by atoms with Gasteiger partial charge in [0.25, 0.3) is 0 Å². The van der Waals surface area contributed by atoms with Gasteiger partial charge in [-0.05, 0) is 11.6 Å². The zero-order valence-corrected chi connectivity index (χ0v) is 6.17. The quantitative estimate of drug-likeness (QED) is 0.329. The summed E-state index contributed by atoms with van der Waals surface area (Å²) >= 11 is 0. The highest BCUT2D eigenvalue weighted by molar-refractivity contribution is 5.80. The van der Waals surface area contributed by atoms with Crippen molar-refractivity contribution >= 4 is 11.5 Å². The van der Waals surface area contributed by atoms with Crippen molar-refractivity contribution in [2.45, 2.75) is 6.42 Å². The fourth-order valence-corrected chi connectivity index (χ4v) is 0.900. The average Bonchev–Trinajstić information content (AvgIpc) is 1.93. The molecule has 0 aromatic heterocycles. The second-order valence-corrected chi connectivity index (χ2v) is 2.40. The number of nitrogens with two attached hydrogens (primary N) is 2. The van der Waals surface area contributed by atoms with Crippen molar-refractivity contribution in [3.8, 4) is 0 Å². The van der Waals surface area contributed by atoms with Crippen LogP contribution in [0.5, 0.6) is 0 Å². The van der Waals surface area contributed by atoms with Crippen LogP contribution in [0, 0.1) is 5.41 Å². The fraction of sp³-hybridized carbons (Fsp3) is 0.125. The number of benzene rings is 1. The van der Waals surface area contributed by atoms with E-state index >= 15 is 0 Å². The molecule has 0 heterocycles. The van der Waals surface area contributed by atoms with Crippen molar-refractivity contribution in [2.75, 3.05) is 5.73 Å². The second kappa shape index (κ2) is 3.05. The van der Waals surface area contributed by atoms with Crippen molar-refractivity contribution in [2.24, 2.45) is 5.73 Å². The van der Waals surface area contributed by atoms with Gasteiger partial charge >= 0.3 is 0 Å². The van der Waals surface area contributed by atoms with Gasteiger partial charge < -0.3 is 11.5 Å². The Balaban J connectivity index is 2.86. The zero-order valence-electron chi connectivity index (χ0n) is 6.17. The van der Waals surface area contributed by atoms with Crippen LogP contribution in [-0.2, 0) is 6.42 Å². The van der Waals surface area contributed by atoms with Crippen molar-refractivity contribution in [3.05, 3.63) is 29.8 Å². The highest BCUT2D eigenvalue weighted by atomic mass is 14.7. The predicted octanol–water partition coefficient (Wildman–Crippen LogP) is 0.747. The number of nitrogens with one attached hydrogen (secondary N) is 1. The summed E-state index contributed by atoms with van der Waals surface area (Å²) in [4.78, 5) is 0. The van der Waals surface area contributed by atoms with E-state index in [9.17, 15) is 0 Å². The van der Waals surface area contributed by atoms with E-state index in [0.29, 0.717) is 12.1 Å². The van der Waals surface area contributed by atoms with Crippen LogP contribution in [0.4, 0.5) is 5.69 Å². The molecule has 0 atom stereocenters. The van der Waals surface area contributed by atoms with Crippen LogP contribution in [0.25, 0.3) is 0 Å². The second-order valence-electron chi connectivity index (χ2n) is 2.40. The lowest BCUT2D eigenvalue weighted by atomic mass is 10.1. The summed E-state index contributed by atoms with van der Waals surface area (Å²) < 4.78 is 0. The van der Waals surface area contributed by atoms with Gasteiger partial charge in [-0.15, -0.1) is 0 Å². The first-order valence-electron chi connectivity index (χ1n) is 3.36. The Morgan fingerprint density at radius 1 is 1.36 bits per heavy atom. The van der Waals surface area contributed by atoms with Gasteiger partial charge in [-0.1, -0.05) is 18.2 Å². The number of nitrogen functional groups attached to an aromatic ring is 1. The largest absolute Gasteiger partial charge is 0.398 e. The van der Waals surface area contributed by atoms with E-state index in [1.807, 2.05) is 18.2 Å². The van der Waals surface area contributed by atoms with Crippen LogP contribution < -0.4 is 11.5 Å². The minimum Gasteiger partial charge on any atom is -0.398 e. The number of para-hydroxylation sites is 1. The van der Waals surface area contributed by atoms with Gasteiger partial charge in [0.1, 0.15) is 0 Å². The van der Waals surface area contributed by atoms with Gasteiger partial charge in [0.15, 0.2) is 0 Å². The summed E-state index contributed by atoms with van der Waals surface area (Å²) in [6.45, 7) is 0. The summed E-state index contributed by atoms with van der Waals surface area (Å²) in [6, 6.07) is 7.42. The number of hydrogen-bond donors (Lipinski definition) is 3. The van der Waals surface area contributed by atoms with Crippen LogP contribution >= 0.6 is 0 Å². The maximum Gasteiger partial charge on any atom is 0.0950 e. The Kier molecular flexibility index (Phi) is 2.11. The lowest BCUT2D eigenvalue weighted by Gasteiger charge is -2.02. The SMILES string of the molecule is N=C(N)Cc1ccccc1N. The molecule has 0 fully saturated rings. The van der Waals surface area contributed by atoms with Crippen LogP contribution in [0.1, 0.15) is 5.56 Å². The van der Waals surface area contributed by atoms with Crippen LogP contribution in [0.15, 0.2) is 24.3 Å². The van der Waals surface area contributed by atoms with Gasteiger partial charge in [0.05, 0.1) is 5.84 Å². The third-order valence-corrected chi connectivity index (χ3v) is 1.44. The fourth-order valence-electron chi connectivity index (χ4n) is 0.900. The first-order chi connectivity index (χ1) is 5.20. The molecule has 0 bridgehead atoms. The predicted molar refractivity (Wildman–Crippen MR) is 46.5 cm³/mol.